The summed E-state index contributed by atoms with van der Waals surface area (Å²) in [6.07, 6.45) is 2.19. The highest BCUT2D eigenvalue weighted by atomic mass is 35.5. The number of halogens is 1. The first-order valence-electron chi connectivity index (χ1n) is 7.09. The van der Waals surface area contributed by atoms with Crippen molar-refractivity contribution >= 4 is 11.6 Å². The molecule has 0 bridgehead atoms. The summed E-state index contributed by atoms with van der Waals surface area (Å²) in [6.45, 7) is 7.56. The standard InChI is InChI=1S/C14H23ClN2O2/c1-4-13-10(6-7-19-13)12(18)8-11-14(15)9(3)16-17(11)5-2/h10,12-13,18H,4-8H2,1-3H3. The fourth-order valence-electron chi connectivity index (χ4n) is 2.94. The van der Waals surface area contributed by atoms with Gasteiger partial charge < -0.3 is 9.84 Å². The van der Waals surface area contributed by atoms with Crippen molar-refractivity contribution in [2.24, 2.45) is 5.92 Å². The van der Waals surface area contributed by atoms with E-state index in [9.17, 15) is 5.11 Å². The summed E-state index contributed by atoms with van der Waals surface area (Å²) in [5.41, 5.74) is 1.77. The van der Waals surface area contributed by atoms with Gasteiger partial charge in [-0.2, -0.15) is 5.10 Å². The fraction of sp³-hybridized carbons (Fsp3) is 0.786. The Bertz CT molecular complexity index is 433. The Labute approximate surface area is 119 Å². The Morgan fingerprint density at radius 1 is 1.53 bits per heavy atom. The maximum atomic E-state index is 10.5. The average Bonchev–Trinajstić information content (AvgIpc) is 2.98. The van der Waals surface area contributed by atoms with Crippen molar-refractivity contribution in [3.05, 3.63) is 16.4 Å². The Balaban J connectivity index is 2.12. The molecule has 0 aliphatic carbocycles. The number of aliphatic hydroxyl groups is 1. The Kier molecular flexibility index (Phi) is 4.87. The number of ether oxygens (including phenoxy) is 1. The summed E-state index contributed by atoms with van der Waals surface area (Å²) in [5, 5.41) is 15.6. The Hall–Kier alpha value is -0.580. The number of aliphatic hydroxyl groups excluding tert-OH is 1. The van der Waals surface area contributed by atoms with Crippen molar-refractivity contribution in [1.82, 2.24) is 9.78 Å². The van der Waals surface area contributed by atoms with Gasteiger partial charge in [0.15, 0.2) is 0 Å². The minimum Gasteiger partial charge on any atom is -0.392 e. The zero-order chi connectivity index (χ0) is 14.0. The smallest absolute Gasteiger partial charge is 0.0848 e. The molecular formula is C14H23ClN2O2. The molecule has 0 radical (unpaired) electrons. The molecule has 0 spiro atoms. The van der Waals surface area contributed by atoms with Crippen molar-refractivity contribution < 1.29 is 9.84 Å². The molecule has 1 saturated heterocycles. The summed E-state index contributed by atoms with van der Waals surface area (Å²) >= 11 is 6.29. The van der Waals surface area contributed by atoms with Crippen molar-refractivity contribution in [2.75, 3.05) is 6.61 Å². The van der Waals surface area contributed by atoms with E-state index in [-0.39, 0.29) is 12.0 Å². The van der Waals surface area contributed by atoms with Gasteiger partial charge in [0.25, 0.3) is 0 Å². The number of aryl methyl sites for hydroxylation is 2. The third-order valence-electron chi connectivity index (χ3n) is 4.01. The van der Waals surface area contributed by atoms with Gasteiger partial charge in [-0.3, -0.25) is 4.68 Å². The fourth-order valence-corrected chi connectivity index (χ4v) is 3.15. The van der Waals surface area contributed by atoms with Crippen molar-refractivity contribution in [1.29, 1.82) is 0 Å². The second-order valence-corrected chi connectivity index (χ2v) is 5.58. The van der Waals surface area contributed by atoms with Crippen LogP contribution >= 0.6 is 11.6 Å². The van der Waals surface area contributed by atoms with Crippen LogP contribution in [0.3, 0.4) is 0 Å². The molecule has 1 aromatic heterocycles. The van der Waals surface area contributed by atoms with E-state index in [1.807, 2.05) is 18.5 Å². The van der Waals surface area contributed by atoms with Crippen molar-refractivity contribution in [2.45, 2.75) is 58.8 Å². The normalized spacial score (nSPS) is 24.9. The summed E-state index contributed by atoms with van der Waals surface area (Å²) in [4.78, 5) is 0. The zero-order valence-corrected chi connectivity index (χ0v) is 12.7. The van der Waals surface area contributed by atoms with Gasteiger partial charge in [0.05, 0.1) is 28.6 Å². The van der Waals surface area contributed by atoms with Gasteiger partial charge in [0.2, 0.25) is 0 Å². The van der Waals surface area contributed by atoms with Crippen LogP contribution < -0.4 is 0 Å². The summed E-state index contributed by atoms with van der Waals surface area (Å²) in [6, 6.07) is 0. The van der Waals surface area contributed by atoms with Crippen LogP contribution in [-0.4, -0.2) is 33.7 Å². The zero-order valence-electron chi connectivity index (χ0n) is 11.9. The molecule has 1 fully saturated rings. The number of hydrogen-bond donors (Lipinski definition) is 1. The predicted molar refractivity (Wildman–Crippen MR) is 75.5 cm³/mol. The predicted octanol–water partition coefficient (Wildman–Crippen LogP) is 2.58. The summed E-state index contributed by atoms with van der Waals surface area (Å²) in [7, 11) is 0. The Morgan fingerprint density at radius 2 is 2.26 bits per heavy atom. The van der Waals surface area contributed by atoms with Gasteiger partial charge in [-0.1, -0.05) is 18.5 Å². The maximum Gasteiger partial charge on any atom is 0.0848 e. The molecule has 0 amide bonds. The lowest BCUT2D eigenvalue weighted by Crippen LogP contribution is -2.30. The van der Waals surface area contributed by atoms with E-state index >= 15 is 0 Å². The first kappa shape index (κ1) is 14.8. The number of rotatable bonds is 5. The molecule has 2 rings (SSSR count). The highest BCUT2D eigenvalue weighted by Gasteiger charge is 2.33. The van der Waals surface area contributed by atoms with E-state index in [1.54, 1.807) is 0 Å². The second-order valence-electron chi connectivity index (χ2n) is 5.20. The third-order valence-corrected chi connectivity index (χ3v) is 4.50. The SMILES string of the molecule is CCC1OCCC1C(O)Cc1c(Cl)c(C)nn1CC. The van der Waals surface area contributed by atoms with E-state index < -0.39 is 6.10 Å². The van der Waals surface area contributed by atoms with E-state index in [1.165, 1.54) is 0 Å². The lowest BCUT2D eigenvalue weighted by molar-refractivity contribution is 0.0309. The first-order chi connectivity index (χ1) is 9.08. The van der Waals surface area contributed by atoms with Gasteiger partial charge >= 0.3 is 0 Å². The molecule has 3 atom stereocenters. The van der Waals surface area contributed by atoms with Gasteiger partial charge in [-0.25, -0.2) is 0 Å². The summed E-state index contributed by atoms with van der Waals surface area (Å²) < 4.78 is 7.54. The maximum absolute atomic E-state index is 10.5. The van der Waals surface area contributed by atoms with Gasteiger partial charge in [-0.05, 0) is 26.7 Å². The minimum absolute atomic E-state index is 0.174. The van der Waals surface area contributed by atoms with Crippen molar-refractivity contribution in [3.8, 4) is 0 Å². The molecule has 5 heteroatoms. The molecule has 4 nitrogen and oxygen atoms in total. The minimum atomic E-state index is -0.411. The number of aromatic nitrogens is 2. The van der Waals surface area contributed by atoms with Crippen LogP contribution in [0, 0.1) is 12.8 Å². The molecule has 1 aliphatic rings. The van der Waals surface area contributed by atoms with Crippen LogP contribution in [0.4, 0.5) is 0 Å². The quantitative estimate of drug-likeness (QED) is 0.905. The highest BCUT2D eigenvalue weighted by molar-refractivity contribution is 6.31. The summed E-state index contributed by atoms with van der Waals surface area (Å²) in [5.74, 6) is 0.210. The topological polar surface area (TPSA) is 47.3 Å². The monoisotopic (exact) mass is 286 g/mol. The second kappa shape index (κ2) is 6.25. The largest absolute Gasteiger partial charge is 0.392 e. The van der Waals surface area contributed by atoms with E-state index in [2.05, 4.69) is 12.0 Å². The molecule has 0 saturated carbocycles. The first-order valence-corrected chi connectivity index (χ1v) is 7.47. The molecule has 108 valence electrons. The Morgan fingerprint density at radius 3 is 2.89 bits per heavy atom. The molecule has 1 aromatic rings. The number of hydrogen-bond acceptors (Lipinski definition) is 3. The van der Waals surface area contributed by atoms with Crippen LogP contribution in [0.2, 0.25) is 5.02 Å². The van der Waals surface area contributed by atoms with Gasteiger partial charge in [0.1, 0.15) is 0 Å². The van der Waals surface area contributed by atoms with Crippen LogP contribution in [0.25, 0.3) is 0 Å². The van der Waals surface area contributed by atoms with Crippen LogP contribution in [-0.2, 0) is 17.7 Å². The lowest BCUT2D eigenvalue weighted by Gasteiger charge is -2.23. The average molecular weight is 287 g/mol. The lowest BCUT2D eigenvalue weighted by atomic mass is 9.90. The highest BCUT2D eigenvalue weighted by Crippen LogP contribution is 2.30. The van der Waals surface area contributed by atoms with E-state index in [0.717, 1.165) is 37.4 Å². The molecule has 2 heterocycles. The van der Waals surface area contributed by atoms with Crippen molar-refractivity contribution in [3.63, 3.8) is 0 Å². The van der Waals surface area contributed by atoms with E-state index in [4.69, 9.17) is 16.3 Å². The molecule has 0 aromatic carbocycles. The molecule has 19 heavy (non-hydrogen) atoms. The molecule has 3 unspecified atom stereocenters. The molecule has 1 N–H and O–H groups in total. The third kappa shape index (κ3) is 2.96. The van der Waals surface area contributed by atoms with Crippen LogP contribution in [0.5, 0.6) is 0 Å². The number of nitrogens with zero attached hydrogens (tertiary/aromatic N) is 2. The van der Waals surface area contributed by atoms with Crippen LogP contribution in [0.15, 0.2) is 0 Å². The van der Waals surface area contributed by atoms with Gasteiger partial charge in [0, 0.05) is 25.5 Å². The van der Waals surface area contributed by atoms with E-state index in [0.29, 0.717) is 11.4 Å². The molecule has 1 aliphatic heterocycles. The molecular weight excluding hydrogens is 264 g/mol. The van der Waals surface area contributed by atoms with Crippen LogP contribution in [0.1, 0.15) is 38.1 Å². The van der Waals surface area contributed by atoms with Gasteiger partial charge in [-0.15, -0.1) is 0 Å².